The van der Waals surface area contributed by atoms with Crippen LogP contribution in [0.2, 0.25) is 0 Å². The third kappa shape index (κ3) is 4.94. The number of aromatic amines is 1. The van der Waals surface area contributed by atoms with Crippen LogP contribution in [0.15, 0.2) is 36.5 Å². The van der Waals surface area contributed by atoms with Crippen molar-refractivity contribution in [2.75, 3.05) is 26.7 Å². The first-order chi connectivity index (χ1) is 17.2. The largest absolute Gasteiger partial charge is 0.477 e. The minimum atomic E-state index is -0.752. The highest BCUT2D eigenvalue weighted by atomic mass is 19.1. The summed E-state index contributed by atoms with van der Waals surface area (Å²) in [4.78, 5) is 49.6. The molecule has 0 saturated carbocycles. The Morgan fingerprint density at radius 1 is 1.14 bits per heavy atom. The number of halogens is 1. The predicted octanol–water partition coefficient (Wildman–Crippen LogP) is 2.76. The van der Waals surface area contributed by atoms with Gasteiger partial charge in [0.25, 0.3) is 17.6 Å². The highest BCUT2D eigenvalue weighted by molar-refractivity contribution is 6.44. The molecular weight excluding hydrogens is 465 g/mol. The summed E-state index contributed by atoms with van der Waals surface area (Å²) in [6.07, 6.45) is 1.41. The molecule has 0 unspecified atom stereocenters. The number of likely N-dealkylation sites (N-methyl/N-ethyl adjacent to an activating group) is 1. The minimum absolute atomic E-state index is 0.0556. The molecule has 0 aliphatic carbocycles. The van der Waals surface area contributed by atoms with Crippen LogP contribution < -0.4 is 10.1 Å². The quantitative estimate of drug-likeness (QED) is 0.386. The van der Waals surface area contributed by atoms with Crippen LogP contribution in [0.25, 0.3) is 11.0 Å². The predicted molar refractivity (Wildman–Crippen MR) is 132 cm³/mol. The molecular formula is C26H30FN5O4. The van der Waals surface area contributed by atoms with Crippen LogP contribution in [-0.2, 0) is 11.3 Å². The van der Waals surface area contributed by atoms with Crippen LogP contribution in [0.4, 0.5) is 4.39 Å². The zero-order valence-electron chi connectivity index (χ0n) is 20.8. The number of rotatable bonds is 7. The molecule has 0 spiro atoms. The van der Waals surface area contributed by atoms with Crippen molar-refractivity contribution >= 4 is 28.6 Å². The molecule has 36 heavy (non-hydrogen) atoms. The molecule has 1 fully saturated rings. The van der Waals surface area contributed by atoms with E-state index in [2.05, 4.69) is 20.2 Å². The number of aromatic nitrogens is 2. The molecule has 3 heterocycles. The molecule has 190 valence electrons. The smallest absolute Gasteiger partial charge is 0.292 e. The Kier molecular flexibility index (Phi) is 7.35. The van der Waals surface area contributed by atoms with E-state index >= 15 is 0 Å². The first-order valence-electron chi connectivity index (χ1n) is 11.9. The van der Waals surface area contributed by atoms with E-state index in [0.717, 1.165) is 5.56 Å². The molecule has 1 aliphatic heterocycles. The maximum absolute atomic E-state index is 13.8. The van der Waals surface area contributed by atoms with Gasteiger partial charge in [0.05, 0.1) is 12.2 Å². The van der Waals surface area contributed by atoms with Crippen LogP contribution in [0.1, 0.15) is 47.1 Å². The van der Waals surface area contributed by atoms with Crippen molar-refractivity contribution in [1.82, 2.24) is 25.1 Å². The molecule has 2 N–H and O–H groups in total. The molecule has 9 nitrogen and oxygen atoms in total. The first-order valence-corrected chi connectivity index (χ1v) is 11.9. The van der Waals surface area contributed by atoms with Crippen molar-refractivity contribution in [2.24, 2.45) is 0 Å². The Hall–Kier alpha value is -3.79. The van der Waals surface area contributed by atoms with Gasteiger partial charge in [0.1, 0.15) is 17.0 Å². The number of fused-ring (bicyclic) bond motifs is 1. The topological polar surface area (TPSA) is 108 Å². The zero-order valence-corrected chi connectivity index (χ0v) is 20.8. The van der Waals surface area contributed by atoms with Gasteiger partial charge in [0.2, 0.25) is 5.88 Å². The Balaban J connectivity index is 1.61. The van der Waals surface area contributed by atoms with Crippen LogP contribution in [0, 0.1) is 5.82 Å². The summed E-state index contributed by atoms with van der Waals surface area (Å²) in [6.45, 7) is 7.89. The van der Waals surface area contributed by atoms with E-state index in [9.17, 15) is 18.8 Å². The number of carbonyl (C=O) groups excluding carboxylic acids is 3. The van der Waals surface area contributed by atoms with Gasteiger partial charge < -0.3 is 19.9 Å². The molecule has 2 aromatic heterocycles. The number of piperazine rings is 1. The molecule has 0 bridgehead atoms. The monoisotopic (exact) mass is 495 g/mol. The van der Waals surface area contributed by atoms with Gasteiger partial charge in [-0.05, 0) is 44.5 Å². The van der Waals surface area contributed by atoms with Crippen LogP contribution in [0.5, 0.6) is 5.88 Å². The van der Waals surface area contributed by atoms with E-state index in [0.29, 0.717) is 37.3 Å². The van der Waals surface area contributed by atoms with Crippen molar-refractivity contribution in [1.29, 1.82) is 0 Å². The fourth-order valence-electron chi connectivity index (χ4n) is 4.53. The average molecular weight is 496 g/mol. The van der Waals surface area contributed by atoms with E-state index in [1.807, 2.05) is 13.8 Å². The van der Waals surface area contributed by atoms with Crippen LogP contribution >= 0.6 is 0 Å². The van der Waals surface area contributed by atoms with Gasteiger partial charge in [0, 0.05) is 50.3 Å². The summed E-state index contributed by atoms with van der Waals surface area (Å²) in [7, 11) is 1.38. The van der Waals surface area contributed by atoms with Crippen molar-refractivity contribution in [3.63, 3.8) is 0 Å². The molecule has 1 saturated heterocycles. The maximum atomic E-state index is 13.8. The second kappa shape index (κ2) is 10.4. The number of ether oxygens (including phenoxy) is 1. The van der Waals surface area contributed by atoms with Gasteiger partial charge >= 0.3 is 0 Å². The molecule has 2 atom stereocenters. The number of nitrogens with zero attached hydrogens (tertiary/aromatic N) is 3. The van der Waals surface area contributed by atoms with Gasteiger partial charge in [-0.15, -0.1) is 0 Å². The number of hydrogen-bond donors (Lipinski definition) is 2. The van der Waals surface area contributed by atoms with E-state index < -0.39 is 11.7 Å². The van der Waals surface area contributed by atoms with Crippen molar-refractivity contribution in [2.45, 2.75) is 39.4 Å². The van der Waals surface area contributed by atoms with Crippen LogP contribution in [0.3, 0.4) is 0 Å². The second-order valence-corrected chi connectivity index (χ2v) is 8.99. The number of Topliss-reactive ketones (excluding diaryl/α,β-unsaturated/α-hetero) is 1. The molecule has 1 aliphatic rings. The lowest BCUT2D eigenvalue weighted by atomic mass is 10.0. The number of carbonyl (C=O) groups is 3. The average Bonchev–Trinajstić information content (AvgIpc) is 3.28. The molecule has 3 aromatic rings. The van der Waals surface area contributed by atoms with E-state index in [4.69, 9.17) is 4.74 Å². The van der Waals surface area contributed by atoms with Crippen molar-refractivity contribution < 1.29 is 23.5 Å². The minimum Gasteiger partial charge on any atom is -0.477 e. The lowest BCUT2D eigenvalue weighted by molar-refractivity contribution is -0.116. The van der Waals surface area contributed by atoms with Crippen molar-refractivity contribution in [3.8, 4) is 5.88 Å². The number of hydrogen-bond acceptors (Lipinski definition) is 6. The standard InChI is InChI=1S/C26H30FN5O4/c1-5-36-25-20(10-19-21(11-29-23(19)30-25)22(33)24(34)28-4)26(35)32-13-15(2)31(12-16(32)3)14-17-6-8-18(27)9-7-17/h6-11,15-16H,5,12-14H2,1-4H3,(H,28,34)(H,29,30)/t15-,16+/m0/s1. The third-order valence-electron chi connectivity index (χ3n) is 6.50. The highest BCUT2D eigenvalue weighted by Gasteiger charge is 2.34. The first kappa shape index (κ1) is 25.3. The Bertz CT molecular complexity index is 1290. The summed E-state index contributed by atoms with van der Waals surface area (Å²) in [5, 5.41) is 2.71. The van der Waals surface area contributed by atoms with Gasteiger partial charge in [-0.3, -0.25) is 19.3 Å². The molecule has 0 radical (unpaired) electrons. The Labute approximate surface area is 208 Å². The summed E-state index contributed by atoms with van der Waals surface area (Å²) in [6, 6.07) is 7.96. The maximum Gasteiger partial charge on any atom is 0.292 e. The zero-order chi connectivity index (χ0) is 26.0. The number of benzene rings is 1. The van der Waals surface area contributed by atoms with Crippen molar-refractivity contribution in [3.05, 3.63) is 59.0 Å². The number of nitrogens with one attached hydrogen (secondary N) is 2. The normalized spacial score (nSPS) is 18.3. The highest BCUT2D eigenvalue weighted by Crippen LogP contribution is 2.28. The number of amides is 2. The van der Waals surface area contributed by atoms with Crippen LogP contribution in [-0.4, -0.2) is 76.2 Å². The molecule has 10 heteroatoms. The number of H-pyrrole nitrogens is 1. The van der Waals surface area contributed by atoms with Gasteiger partial charge in [0.15, 0.2) is 0 Å². The molecule has 4 rings (SSSR count). The SMILES string of the molecule is CCOc1nc2[nH]cc(C(=O)C(=O)NC)c2cc1C(=O)N1C[C@H](C)N(Cc2ccc(F)cc2)C[C@H]1C. The summed E-state index contributed by atoms with van der Waals surface area (Å²) >= 11 is 0. The van der Waals surface area contributed by atoms with E-state index in [1.165, 1.54) is 25.4 Å². The fourth-order valence-corrected chi connectivity index (χ4v) is 4.53. The summed E-state index contributed by atoms with van der Waals surface area (Å²) < 4.78 is 19.0. The fraction of sp³-hybridized carbons (Fsp3) is 0.385. The summed E-state index contributed by atoms with van der Waals surface area (Å²) in [5.74, 6) is -1.83. The van der Waals surface area contributed by atoms with Gasteiger partial charge in [-0.2, -0.15) is 4.98 Å². The van der Waals surface area contributed by atoms with E-state index in [-0.39, 0.29) is 40.8 Å². The lowest BCUT2D eigenvalue weighted by Gasteiger charge is -2.44. The molecule has 1 aromatic carbocycles. The Morgan fingerprint density at radius 3 is 2.53 bits per heavy atom. The van der Waals surface area contributed by atoms with Gasteiger partial charge in [-0.25, -0.2) is 4.39 Å². The summed E-state index contributed by atoms with van der Waals surface area (Å²) in [5.41, 5.74) is 1.73. The number of ketones is 1. The Morgan fingerprint density at radius 2 is 1.86 bits per heavy atom. The second-order valence-electron chi connectivity index (χ2n) is 8.99. The van der Waals surface area contributed by atoms with Gasteiger partial charge in [-0.1, -0.05) is 12.1 Å². The molecule has 2 amide bonds. The number of pyridine rings is 1. The van der Waals surface area contributed by atoms with E-state index in [1.54, 1.807) is 30.0 Å². The lowest BCUT2D eigenvalue weighted by Crippen LogP contribution is -2.57. The third-order valence-corrected chi connectivity index (χ3v) is 6.50.